The van der Waals surface area contributed by atoms with Crippen LogP contribution < -0.4 is 5.32 Å². The third kappa shape index (κ3) is 2.99. The predicted molar refractivity (Wildman–Crippen MR) is 56.7 cm³/mol. The monoisotopic (exact) mass is 192 g/mol. The van der Waals surface area contributed by atoms with Crippen molar-refractivity contribution in [2.75, 3.05) is 6.54 Å². The van der Waals surface area contributed by atoms with E-state index in [9.17, 15) is 0 Å². The second kappa shape index (κ2) is 4.79. The van der Waals surface area contributed by atoms with Crippen LogP contribution in [0, 0.1) is 23.2 Å². The molecule has 0 saturated heterocycles. The fourth-order valence-electron chi connectivity index (χ4n) is 2.23. The Balaban J connectivity index is 1.56. The molecule has 2 saturated carbocycles. The lowest BCUT2D eigenvalue weighted by atomic mass is 10.1. The normalized spacial score (nSPS) is 21.1. The lowest BCUT2D eigenvalue weighted by molar-refractivity contribution is 0.412. The summed E-state index contributed by atoms with van der Waals surface area (Å²) in [5.41, 5.74) is 0. The van der Waals surface area contributed by atoms with Crippen LogP contribution in [0.25, 0.3) is 0 Å². The summed E-state index contributed by atoms with van der Waals surface area (Å²) in [6.07, 6.45) is 8.76. The highest BCUT2D eigenvalue weighted by atomic mass is 14.9. The van der Waals surface area contributed by atoms with Crippen LogP contribution in [-0.4, -0.2) is 12.6 Å². The van der Waals surface area contributed by atoms with E-state index in [0.29, 0.717) is 0 Å². The van der Waals surface area contributed by atoms with E-state index in [1.54, 1.807) is 0 Å². The SMILES string of the molecule is N#CCCCCNC(C1CC1)C1CC1. The van der Waals surface area contributed by atoms with E-state index >= 15 is 0 Å². The highest BCUT2D eigenvalue weighted by Gasteiger charge is 2.40. The molecule has 14 heavy (non-hydrogen) atoms. The molecule has 0 unspecified atom stereocenters. The minimum atomic E-state index is 0.721. The van der Waals surface area contributed by atoms with E-state index in [2.05, 4.69) is 11.4 Å². The first-order chi connectivity index (χ1) is 6.92. The summed E-state index contributed by atoms with van der Waals surface area (Å²) in [4.78, 5) is 0. The van der Waals surface area contributed by atoms with Gasteiger partial charge >= 0.3 is 0 Å². The van der Waals surface area contributed by atoms with Gasteiger partial charge < -0.3 is 5.32 Å². The van der Waals surface area contributed by atoms with Gasteiger partial charge in [0.1, 0.15) is 0 Å². The van der Waals surface area contributed by atoms with Crippen molar-refractivity contribution in [2.24, 2.45) is 11.8 Å². The fraction of sp³-hybridized carbons (Fsp3) is 0.917. The summed E-state index contributed by atoms with van der Waals surface area (Å²) in [5, 5.41) is 12.1. The lowest BCUT2D eigenvalue weighted by Crippen LogP contribution is -2.33. The molecule has 2 heteroatoms. The zero-order chi connectivity index (χ0) is 9.80. The standard InChI is InChI=1S/C12H20N2/c13-8-2-1-3-9-14-12(10-4-5-10)11-6-7-11/h10-12,14H,1-7,9H2. The van der Waals surface area contributed by atoms with Gasteiger partial charge in [-0.3, -0.25) is 0 Å². The summed E-state index contributed by atoms with van der Waals surface area (Å²) in [6, 6.07) is 3.03. The van der Waals surface area contributed by atoms with Crippen LogP contribution in [0.5, 0.6) is 0 Å². The van der Waals surface area contributed by atoms with Gasteiger partial charge in [0.25, 0.3) is 0 Å². The van der Waals surface area contributed by atoms with E-state index in [-0.39, 0.29) is 0 Å². The van der Waals surface area contributed by atoms with E-state index in [1.807, 2.05) is 0 Å². The van der Waals surface area contributed by atoms with Crippen molar-refractivity contribution in [3.63, 3.8) is 0 Å². The Kier molecular flexibility index (Phi) is 3.42. The topological polar surface area (TPSA) is 35.8 Å². The maximum atomic E-state index is 8.40. The van der Waals surface area contributed by atoms with Crippen LogP contribution in [0.15, 0.2) is 0 Å². The van der Waals surface area contributed by atoms with Crippen molar-refractivity contribution in [3.05, 3.63) is 0 Å². The second-order valence-electron chi connectivity index (χ2n) is 4.77. The molecule has 0 aromatic carbocycles. The van der Waals surface area contributed by atoms with Crippen LogP contribution in [0.1, 0.15) is 44.9 Å². The van der Waals surface area contributed by atoms with Gasteiger partial charge in [-0.05, 0) is 56.9 Å². The Labute approximate surface area is 86.7 Å². The molecule has 2 aliphatic carbocycles. The Bertz CT molecular complexity index is 199. The van der Waals surface area contributed by atoms with Gasteiger partial charge in [-0.1, -0.05) is 0 Å². The molecule has 0 atom stereocenters. The van der Waals surface area contributed by atoms with Gasteiger partial charge in [0.15, 0.2) is 0 Å². The maximum absolute atomic E-state index is 8.40. The van der Waals surface area contributed by atoms with Gasteiger partial charge in [0.2, 0.25) is 0 Å². The molecule has 0 spiro atoms. The molecule has 0 bridgehead atoms. The Hall–Kier alpha value is -0.550. The van der Waals surface area contributed by atoms with Gasteiger partial charge in [0, 0.05) is 12.5 Å². The number of hydrogen-bond acceptors (Lipinski definition) is 2. The van der Waals surface area contributed by atoms with Crippen LogP contribution in [0.3, 0.4) is 0 Å². The van der Waals surface area contributed by atoms with Crippen molar-refractivity contribution in [1.29, 1.82) is 5.26 Å². The Morgan fingerprint density at radius 3 is 2.29 bits per heavy atom. The zero-order valence-corrected chi connectivity index (χ0v) is 8.84. The average molecular weight is 192 g/mol. The van der Waals surface area contributed by atoms with Gasteiger partial charge in [0.05, 0.1) is 6.07 Å². The van der Waals surface area contributed by atoms with E-state index in [1.165, 1.54) is 32.1 Å². The van der Waals surface area contributed by atoms with Crippen LogP contribution in [0.2, 0.25) is 0 Å². The number of nitriles is 1. The van der Waals surface area contributed by atoms with Crippen molar-refractivity contribution in [3.8, 4) is 6.07 Å². The number of hydrogen-bond donors (Lipinski definition) is 1. The molecule has 1 N–H and O–H groups in total. The Morgan fingerprint density at radius 2 is 1.79 bits per heavy atom. The average Bonchev–Trinajstić information content (AvgIpc) is 3.03. The molecule has 0 radical (unpaired) electrons. The van der Waals surface area contributed by atoms with Gasteiger partial charge in [-0.15, -0.1) is 0 Å². The molecule has 0 aromatic heterocycles. The van der Waals surface area contributed by atoms with Gasteiger partial charge in [-0.2, -0.15) is 5.26 Å². The van der Waals surface area contributed by atoms with Crippen LogP contribution in [0.4, 0.5) is 0 Å². The molecule has 2 aliphatic rings. The molecule has 0 aliphatic heterocycles. The smallest absolute Gasteiger partial charge is 0.0621 e. The number of rotatable bonds is 7. The van der Waals surface area contributed by atoms with Crippen LogP contribution >= 0.6 is 0 Å². The largest absolute Gasteiger partial charge is 0.313 e. The predicted octanol–water partition coefficient (Wildman–Crippen LogP) is 2.46. The van der Waals surface area contributed by atoms with Crippen molar-refractivity contribution in [1.82, 2.24) is 5.32 Å². The second-order valence-corrected chi connectivity index (χ2v) is 4.77. The number of nitrogens with zero attached hydrogens (tertiary/aromatic N) is 1. The fourth-order valence-corrected chi connectivity index (χ4v) is 2.23. The Morgan fingerprint density at radius 1 is 1.14 bits per heavy atom. The van der Waals surface area contributed by atoms with Crippen LogP contribution in [-0.2, 0) is 0 Å². The quantitative estimate of drug-likeness (QED) is 0.629. The summed E-state index contributed by atoms with van der Waals surface area (Å²) in [6.45, 7) is 1.12. The van der Waals surface area contributed by atoms with Gasteiger partial charge in [-0.25, -0.2) is 0 Å². The highest BCUT2D eigenvalue weighted by molar-refractivity contribution is 4.96. The molecule has 0 heterocycles. The molecule has 2 rings (SSSR count). The molecule has 2 fully saturated rings. The van der Waals surface area contributed by atoms with Crippen molar-refractivity contribution >= 4 is 0 Å². The third-order valence-corrected chi connectivity index (χ3v) is 3.36. The third-order valence-electron chi connectivity index (χ3n) is 3.36. The number of nitrogens with one attached hydrogen (secondary N) is 1. The van der Waals surface area contributed by atoms with E-state index in [4.69, 9.17) is 5.26 Å². The zero-order valence-electron chi connectivity index (χ0n) is 8.84. The molecule has 2 nitrogen and oxygen atoms in total. The molecule has 0 aromatic rings. The summed E-state index contributed by atoms with van der Waals surface area (Å²) >= 11 is 0. The highest BCUT2D eigenvalue weighted by Crippen LogP contribution is 2.44. The molecular formula is C12H20N2. The minimum absolute atomic E-state index is 0.721. The molecular weight excluding hydrogens is 172 g/mol. The molecule has 0 amide bonds. The first kappa shape index (κ1) is 9.98. The first-order valence-corrected chi connectivity index (χ1v) is 6.02. The van der Waals surface area contributed by atoms with E-state index < -0.39 is 0 Å². The number of unbranched alkanes of at least 4 members (excludes halogenated alkanes) is 2. The van der Waals surface area contributed by atoms with E-state index in [0.717, 1.165) is 37.3 Å². The summed E-state index contributed by atoms with van der Waals surface area (Å²) in [7, 11) is 0. The summed E-state index contributed by atoms with van der Waals surface area (Å²) < 4.78 is 0. The lowest BCUT2D eigenvalue weighted by Gasteiger charge is -2.17. The summed E-state index contributed by atoms with van der Waals surface area (Å²) in [5.74, 6) is 2.00. The van der Waals surface area contributed by atoms with Crippen molar-refractivity contribution < 1.29 is 0 Å². The minimum Gasteiger partial charge on any atom is -0.313 e. The first-order valence-electron chi connectivity index (χ1n) is 6.02. The maximum Gasteiger partial charge on any atom is 0.0621 e. The molecule has 78 valence electrons. The van der Waals surface area contributed by atoms with Crippen molar-refractivity contribution in [2.45, 2.75) is 51.0 Å².